The van der Waals surface area contributed by atoms with E-state index in [1.165, 1.54) is 0 Å². The molecule has 2 aliphatic rings. The Morgan fingerprint density at radius 2 is 2.15 bits per heavy atom. The molecule has 0 radical (unpaired) electrons. The zero-order valence-electron chi connectivity index (χ0n) is 10.9. The Morgan fingerprint density at radius 3 is 2.95 bits per heavy atom. The van der Waals surface area contributed by atoms with Crippen LogP contribution in [0.2, 0.25) is 0 Å². The highest BCUT2D eigenvalue weighted by molar-refractivity contribution is 6.00. The molecule has 0 aliphatic carbocycles. The lowest BCUT2D eigenvalue weighted by Gasteiger charge is -2.17. The van der Waals surface area contributed by atoms with Gasteiger partial charge in [0, 0.05) is 11.8 Å². The van der Waals surface area contributed by atoms with Crippen molar-refractivity contribution < 1.29 is 14.6 Å². The van der Waals surface area contributed by atoms with Crippen LogP contribution in [0.25, 0.3) is 11.6 Å². The number of allylic oxidation sites excluding steroid dienone is 2. The molecule has 0 aromatic heterocycles. The molecule has 20 heavy (non-hydrogen) atoms. The van der Waals surface area contributed by atoms with E-state index < -0.39 is 0 Å². The molecule has 1 aromatic rings. The number of phenolic OH excluding ortho intramolecular Hbond substituents is 1. The summed E-state index contributed by atoms with van der Waals surface area (Å²) in [6.45, 7) is 1.24. The molecule has 1 amide bonds. The molecule has 3 rings (SSSR count). The molecule has 2 heterocycles. The van der Waals surface area contributed by atoms with Crippen LogP contribution in [-0.2, 0) is 4.74 Å². The largest absolute Gasteiger partial charge is 0.507 e. The van der Waals surface area contributed by atoms with Crippen LogP contribution in [0, 0.1) is 0 Å². The molecule has 2 aliphatic heterocycles. The second-order valence-corrected chi connectivity index (χ2v) is 4.70. The van der Waals surface area contributed by atoms with Crippen molar-refractivity contribution in [1.82, 2.24) is 5.32 Å². The van der Waals surface area contributed by atoms with Gasteiger partial charge in [0.15, 0.2) is 0 Å². The molecular weight excluding hydrogens is 254 g/mol. The normalized spacial score (nSPS) is 21.0. The molecule has 0 saturated carbocycles. The van der Waals surface area contributed by atoms with Crippen molar-refractivity contribution in [1.29, 1.82) is 0 Å². The van der Waals surface area contributed by atoms with Gasteiger partial charge in [0.1, 0.15) is 5.75 Å². The summed E-state index contributed by atoms with van der Waals surface area (Å²) in [5.74, 6) is -0.1000. The van der Waals surface area contributed by atoms with E-state index in [-0.39, 0.29) is 11.7 Å². The maximum absolute atomic E-state index is 12.1. The zero-order chi connectivity index (χ0) is 13.9. The minimum Gasteiger partial charge on any atom is -0.507 e. The Kier molecular flexibility index (Phi) is 3.39. The van der Waals surface area contributed by atoms with Crippen LogP contribution >= 0.6 is 0 Å². The van der Waals surface area contributed by atoms with Crippen LogP contribution in [0.1, 0.15) is 27.9 Å². The summed E-state index contributed by atoms with van der Waals surface area (Å²) in [5.41, 5.74) is 3.00. The fourth-order valence-electron chi connectivity index (χ4n) is 2.38. The SMILES string of the molecule is O=C1N/C=C/C=C/c2c(O)cc(C3=CCOCC3)cc21. The van der Waals surface area contributed by atoms with E-state index in [2.05, 4.69) is 5.32 Å². The predicted molar refractivity (Wildman–Crippen MR) is 77.2 cm³/mol. The van der Waals surface area contributed by atoms with Crippen molar-refractivity contribution in [3.63, 3.8) is 0 Å². The average Bonchev–Trinajstić information content (AvgIpc) is 2.46. The highest BCUT2D eigenvalue weighted by Crippen LogP contribution is 2.31. The van der Waals surface area contributed by atoms with Crippen LogP contribution in [-0.4, -0.2) is 24.2 Å². The van der Waals surface area contributed by atoms with Crippen molar-refractivity contribution in [2.75, 3.05) is 13.2 Å². The number of phenols is 1. The second-order valence-electron chi connectivity index (χ2n) is 4.70. The zero-order valence-corrected chi connectivity index (χ0v) is 10.9. The van der Waals surface area contributed by atoms with E-state index in [0.29, 0.717) is 24.3 Å². The lowest BCUT2D eigenvalue weighted by Crippen LogP contribution is -2.19. The minimum absolute atomic E-state index is 0.117. The Bertz CT molecular complexity index is 641. The predicted octanol–water partition coefficient (Wildman–Crippen LogP) is 2.47. The van der Waals surface area contributed by atoms with Gasteiger partial charge in [-0.3, -0.25) is 4.79 Å². The maximum atomic E-state index is 12.1. The first-order valence-electron chi connectivity index (χ1n) is 6.54. The number of benzene rings is 1. The molecule has 0 unspecified atom stereocenters. The summed E-state index contributed by atoms with van der Waals surface area (Å²) in [6, 6.07) is 3.53. The topological polar surface area (TPSA) is 58.6 Å². The van der Waals surface area contributed by atoms with Gasteiger partial charge in [0.25, 0.3) is 5.91 Å². The Balaban J connectivity index is 2.11. The number of nitrogens with one attached hydrogen (secondary N) is 1. The van der Waals surface area contributed by atoms with Gasteiger partial charge >= 0.3 is 0 Å². The van der Waals surface area contributed by atoms with Gasteiger partial charge < -0.3 is 15.2 Å². The molecule has 2 N–H and O–H groups in total. The number of ether oxygens (including phenoxy) is 1. The number of carbonyl (C=O) groups excluding carboxylic acids is 1. The van der Waals surface area contributed by atoms with Crippen LogP contribution in [0.3, 0.4) is 0 Å². The molecule has 0 saturated heterocycles. The lowest BCUT2D eigenvalue weighted by atomic mass is 9.94. The van der Waals surface area contributed by atoms with Gasteiger partial charge in [0.05, 0.1) is 18.8 Å². The van der Waals surface area contributed by atoms with E-state index in [1.807, 2.05) is 12.1 Å². The van der Waals surface area contributed by atoms with Crippen molar-refractivity contribution in [3.05, 3.63) is 53.3 Å². The van der Waals surface area contributed by atoms with E-state index >= 15 is 0 Å². The number of rotatable bonds is 1. The molecule has 0 bridgehead atoms. The highest BCUT2D eigenvalue weighted by atomic mass is 16.5. The fourth-order valence-corrected chi connectivity index (χ4v) is 2.38. The first-order valence-corrected chi connectivity index (χ1v) is 6.54. The number of hydrogen-bond acceptors (Lipinski definition) is 3. The molecule has 4 heteroatoms. The van der Waals surface area contributed by atoms with Crippen LogP contribution in [0.4, 0.5) is 0 Å². The van der Waals surface area contributed by atoms with Gasteiger partial charge in [0.2, 0.25) is 0 Å². The summed E-state index contributed by atoms with van der Waals surface area (Å²) in [7, 11) is 0. The van der Waals surface area contributed by atoms with Crippen LogP contribution < -0.4 is 5.32 Å². The Morgan fingerprint density at radius 1 is 1.25 bits per heavy atom. The minimum atomic E-state index is -0.217. The average molecular weight is 269 g/mol. The van der Waals surface area contributed by atoms with E-state index in [4.69, 9.17) is 4.74 Å². The third kappa shape index (κ3) is 2.38. The Hall–Kier alpha value is -2.33. The van der Waals surface area contributed by atoms with Gasteiger partial charge in [-0.25, -0.2) is 0 Å². The fraction of sp³-hybridized carbons (Fsp3) is 0.188. The van der Waals surface area contributed by atoms with Crippen molar-refractivity contribution in [2.45, 2.75) is 6.42 Å². The molecule has 102 valence electrons. The maximum Gasteiger partial charge on any atom is 0.255 e. The van der Waals surface area contributed by atoms with E-state index in [1.54, 1.807) is 30.5 Å². The third-order valence-corrected chi connectivity index (χ3v) is 3.42. The summed E-state index contributed by atoms with van der Waals surface area (Å²) in [6.07, 6.45) is 9.60. The van der Waals surface area contributed by atoms with Crippen LogP contribution in [0.15, 0.2) is 36.6 Å². The first-order chi connectivity index (χ1) is 9.75. The molecule has 0 fully saturated rings. The van der Waals surface area contributed by atoms with Crippen molar-refractivity contribution in [2.24, 2.45) is 0 Å². The summed E-state index contributed by atoms with van der Waals surface area (Å²) in [4.78, 5) is 12.1. The van der Waals surface area contributed by atoms with Gasteiger partial charge in [-0.2, -0.15) is 0 Å². The molecule has 0 atom stereocenters. The summed E-state index contributed by atoms with van der Waals surface area (Å²) >= 11 is 0. The Labute approximate surface area is 117 Å². The van der Waals surface area contributed by atoms with Crippen LogP contribution in [0.5, 0.6) is 5.75 Å². The number of fused-ring (bicyclic) bond motifs is 1. The lowest BCUT2D eigenvalue weighted by molar-refractivity contribution is 0.0969. The third-order valence-electron chi connectivity index (χ3n) is 3.42. The molecule has 1 aromatic carbocycles. The smallest absolute Gasteiger partial charge is 0.255 e. The highest BCUT2D eigenvalue weighted by Gasteiger charge is 2.17. The number of amides is 1. The van der Waals surface area contributed by atoms with E-state index in [9.17, 15) is 9.90 Å². The number of hydrogen-bond donors (Lipinski definition) is 2. The summed E-state index contributed by atoms with van der Waals surface area (Å²) in [5, 5.41) is 12.9. The second kappa shape index (κ2) is 5.35. The number of aromatic hydroxyl groups is 1. The monoisotopic (exact) mass is 269 g/mol. The molecular formula is C16H15NO3. The first kappa shape index (κ1) is 12.7. The van der Waals surface area contributed by atoms with Gasteiger partial charge in [-0.1, -0.05) is 18.2 Å². The summed E-state index contributed by atoms with van der Waals surface area (Å²) < 4.78 is 5.28. The standard InChI is InChI=1S/C16H15NO3/c18-15-10-12(11-4-7-20-8-5-11)9-14-13(15)3-1-2-6-17-16(14)19/h1-4,6,9-10,18H,5,7-8H2,(H,17,19). The molecule has 4 nitrogen and oxygen atoms in total. The number of carbonyl (C=O) groups is 1. The molecule has 0 spiro atoms. The van der Waals surface area contributed by atoms with Gasteiger partial charge in [-0.05, 0) is 35.8 Å². The van der Waals surface area contributed by atoms with Crippen molar-refractivity contribution >= 4 is 17.6 Å². The van der Waals surface area contributed by atoms with E-state index in [0.717, 1.165) is 17.6 Å². The van der Waals surface area contributed by atoms with Gasteiger partial charge in [-0.15, -0.1) is 0 Å². The quantitative estimate of drug-likeness (QED) is 0.823. The van der Waals surface area contributed by atoms with Crippen molar-refractivity contribution in [3.8, 4) is 5.75 Å².